The molecule has 0 aromatic carbocycles. The highest BCUT2D eigenvalue weighted by molar-refractivity contribution is 6.14. The molecule has 5 heteroatoms. The maximum Gasteiger partial charge on any atom is 0.518 e. The molecule has 0 spiro atoms. The quantitative estimate of drug-likeness (QED) is 0.326. The molecule has 0 fully saturated rings. The lowest BCUT2D eigenvalue weighted by atomic mass is 10.2. The lowest BCUT2D eigenvalue weighted by Crippen LogP contribution is -1.97. The van der Waals surface area contributed by atoms with Gasteiger partial charge in [0, 0.05) is 0 Å². The van der Waals surface area contributed by atoms with E-state index in [-0.39, 0.29) is 11.6 Å². The van der Waals surface area contributed by atoms with E-state index in [4.69, 9.17) is 0 Å². The largest absolute Gasteiger partial charge is 0.518 e. The van der Waals surface area contributed by atoms with E-state index in [9.17, 15) is 14.4 Å². The maximum atomic E-state index is 10.3. The van der Waals surface area contributed by atoms with Crippen molar-refractivity contribution in [1.29, 1.82) is 0 Å². The smallest absolute Gasteiger partial charge is 0.403 e. The summed E-state index contributed by atoms with van der Waals surface area (Å²) in [6.07, 6.45) is 6.14. The van der Waals surface area contributed by atoms with Gasteiger partial charge in [0.1, 0.15) is 0 Å². The van der Waals surface area contributed by atoms with Crippen molar-refractivity contribution in [2.75, 3.05) is 0 Å². The number of rotatable bonds is 2. The second-order valence-corrected chi connectivity index (χ2v) is 2.29. The minimum absolute atomic E-state index is 0.121. The summed E-state index contributed by atoms with van der Waals surface area (Å²) in [7, 11) is 0. The summed E-state index contributed by atoms with van der Waals surface area (Å²) in [5.74, 6) is -0.241. The maximum absolute atomic E-state index is 10.3. The van der Waals surface area contributed by atoms with Crippen LogP contribution >= 0.6 is 0 Å². The Hall–Kier alpha value is -2.69. The second kappa shape index (κ2) is 12.4. The summed E-state index contributed by atoms with van der Waals surface area (Å²) in [5, 5.41) is 0. The zero-order valence-electron chi connectivity index (χ0n) is 9.83. The molecule has 0 radical (unpaired) electrons. The summed E-state index contributed by atoms with van der Waals surface area (Å²) >= 11 is 0. The molecular weight excluding hydrogens is 236 g/mol. The van der Waals surface area contributed by atoms with Crippen LogP contribution in [0.2, 0.25) is 0 Å². The van der Waals surface area contributed by atoms with Crippen molar-refractivity contribution in [3.63, 3.8) is 0 Å². The topological polar surface area (TPSA) is 69.7 Å². The van der Waals surface area contributed by atoms with E-state index in [0.717, 1.165) is 12.5 Å². The molecular formula is C13H14O5. The van der Waals surface area contributed by atoms with Crippen LogP contribution in [0.25, 0.3) is 0 Å². The van der Waals surface area contributed by atoms with Gasteiger partial charge in [0.25, 0.3) is 0 Å². The molecule has 0 saturated carbocycles. The molecule has 5 nitrogen and oxygen atoms in total. The molecule has 1 aliphatic rings. The fourth-order valence-corrected chi connectivity index (χ4v) is 0.604. The molecule has 0 bridgehead atoms. The Morgan fingerprint density at radius 3 is 1.39 bits per heavy atom. The van der Waals surface area contributed by atoms with E-state index < -0.39 is 6.16 Å². The van der Waals surface area contributed by atoms with E-state index in [0.29, 0.717) is 0 Å². The molecule has 0 unspecified atom stereocenters. The van der Waals surface area contributed by atoms with Gasteiger partial charge < -0.3 is 9.47 Å². The molecule has 0 saturated heterocycles. The fraction of sp³-hybridized carbons (Fsp3) is 0. The first-order chi connectivity index (χ1) is 8.60. The summed E-state index contributed by atoms with van der Waals surface area (Å²) in [5.41, 5.74) is 0. The summed E-state index contributed by atoms with van der Waals surface area (Å²) < 4.78 is 8.23. The Morgan fingerprint density at radius 2 is 1.17 bits per heavy atom. The van der Waals surface area contributed by atoms with Gasteiger partial charge in [-0.15, -0.1) is 13.2 Å². The Labute approximate surface area is 105 Å². The van der Waals surface area contributed by atoms with Gasteiger partial charge in [0.15, 0.2) is 11.6 Å². The molecule has 0 heterocycles. The fourth-order valence-electron chi connectivity index (χ4n) is 0.604. The summed E-state index contributed by atoms with van der Waals surface area (Å²) in [6.45, 7) is 12.3. The van der Waals surface area contributed by atoms with E-state index in [1.807, 2.05) is 0 Å². The molecule has 18 heavy (non-hydrogen) atoms. The van der Waals surface area contributed by atoms with E-state index >= 15 is 0 Å². The zero-order valence-corrected chi connectivity index (χ0v) is 9.83. The summed E-state index contributed by atoms with van der Waals surface area (Å²) in [6, 6.07) is 0. The third kappa shape index (κ3) is 11.4. The van der Waals surface area contributed by atoms with Gasteiger partial charge in [-0.2, -0.15) is 0 Å². The monoisotopic (exact) mass is 250 g/mol. The highest BCUT2D eigenvalue weighted by atomic mass is 16.7. The number of hydrogen-bond donors (Lipinski definition) is 0. The first-order valence-electron chi connectivity index (χ1n) is 4.63. The SMILES string of the molecule is C=C.C=COC(=O)OC=C.O=C1C=CC(=O)C=C1. The van der Waals surface area contributed by atoms with Gasteiger partial charge in [-0.1, -0.05) is 13.2 Å². The van der Waals surface area contributed by atoms with Gasteiger partial charge in [-0.3, -0.25) is 9.59 Å². The van der Waals surface area contributed by atoms with Crippen LogP contribution in [-0.2, 0) is 19.1 Å². The highest BCUT2D eigenvalue weighted by Crippen LogP contribution is 1.90. The number of carbonyl (C=O) groups excluding carboxylic acids is 3. The lowest BCUT2D eigenvalue weighted by molar-refractivity contribution is -0.113. The minimum Gasteiger partial charge on any atom is -0.403 e. The Bertz CT molecular complexity index is 327. The molecule has 0 atom stereocenters. The Morgan fingerprint density at radius 1 is 0.889 bits per heavy atom. The first kappa shape index (κ1) is 17.7. The highest BCUT2D eigenvalue weighted by Gasteiger charge is 1.97. The standard InChI is InChI=1S/C6H4O2.C5H6O3.C2H4/c7-5-1-2-6(8)4-3-5;1-3-7-5(6)8-4-2;1-2/h1-4H;3-4H,1-2H2;1-2H2. The number of allylic oxidation sites excluding steroid dienone is 4. The third-order valence-electron chi connectivity index (χ3n) is 1.18. The second-order valence-electron chi connectivity index (χ2n) is 2.29. The van der Waals surface area contributed by atoms with Crippen molar-refractivity contribution >= 4 is 17.7 Å². The van der Waals surface area contributed by atoms with Crippen LogP contribution in [0.15, 0.2) is 63.1 Å². The minimum atomic E-state index is -0.824. The average molecular weight is 250 g/mol. The van der Waals surface area contributed by atoms with Crippen LogP contribution in [0, 0.1) is 0 Å². The van der Waals surface area contributed by atoms with Gasteiger partial charge in [-0.05, 0) is 24.3 Å². The molecule has 1 rings (SSSR count). The number of hydrogen-bond acceptors (Lipinski definition) is 5. The third-order valence-corrected chi connectivity index (χ3v) is 1.18. The van der Waals surface area contributed by atoms with E-state index in [1.54, 1.807) is 0 Å². The van der Waals surface area contributed by atoms with Crippen molar-refractivity contribution in [2.24, 2.45) is 0 Å². The molecule has 0 amide bonds. The number of ether oxygens (including phenoxy) is 2. The van der Waals surface area contributed by atoms with E-state index in [2.05, 4.69) is 35.8 Å². The average Bonchev–Trinajstić information content (AvgIpc) is 2.37. The lowest BCUT2D eigenvalue weighted by Gasteiger charge is -1.91. The normalized spacial score (nSPS) is 11.1. The first-order valence-corrected chi connectivity index (χ1v) is 4.63. The van der Waals surface area contributed by atoms with Crippen molar-refractivity contribution in [1.82, 2.24) is 0 Å². The number of carbonyl (C=O) groups is 3. The van der Waals surface area contributed by atoms with Crippen LogP contribution in [-0.4, -0.2) is 17.7 Å². The zero-order chi connectivity index (χ0) is 14.4. The van der Waals surface area contributed by atoms with Crippen LogP contribution in [0.4, 0.5) is 4.79 Å². The van der Waals surface area contributed by atoms with Gasteiger partial charge in [0.2, 0.25) is 0 Å². The predicted octanol–water partition coefficient (Wildman–Crippen LogP) is 2.48. The molecule has 1 aliphatic carbocycles. The van der Waals surface area contributed by atoms with Gasteiger partial charge >= 0.3 is 6.16 Å². The van der Waals surface area contributed by atoms with Crippen LogP contribution in [0.1, 0.15) is 0 Å². The Balaban J connectivity index is 0. The molecule has 0 aromatic rings. The van der Waals surface area contributed by atoms with Crippen LogP contribution in [0.5, 0.6) is 0 Å². The van der Waals surface area contributed by atoms with Gasteiger partial charge in [-0.25, -0.2) is 4.79 Å². The van der Waals surface area contributed by atoms with E-state index in [1.165, 1.54) is 24.3 Å². The van der Waals surface area contributed by atoms with Crippen LogP contribution < -0.4 is 0 Å². The Kier molecular flexibility index (Phi) is 12.2. The van der Waals surface area contributed by atoms with Crippen LogP contribution in [0.3, 0.4) is 0 Å². The molecule has 0 aromatic heterocycles. The predicted molar refractivity (Wildman–Crippen MR) is 67.5 cm³/mol. The molecule has 0 aliphatic heterocycles. The molecule has 96 valence electrons. The summed E-state index contributed by atoms with van der Waals surface area (Å²) in [4.78, 5) is 30.6. The van der Waals surface area contributed by atoms with Crippen molar-refractivity contribution in [2.45, 2.75) is 0 Å². The number of ketones is 2. The van der Waals surface area contributed by atoms with Crippen molar-refractivity contribution in [3.05, 3.63) is 63.1 Å². The van der Waals surface area contributed by atoms with Crippen molar-refractivity contribution < 1.29 is 23.9 Å². The van der Waals surface area contributed by atoms with Gasteiger partial charge in [0.05, 0.1) is 12.5 Å². The molecule has 0 N–H and O–H groups in total. The van der Waals surface area contributed by atoms with Crippen molar-refractivity contribution in [3.8, 4) is 0 Å².